The molecular formula is C23H19FN4O2S. The van der Waals surface area contributed by atoms with Gasteiger partial charge in [0.25, 0.3) is 0 Å². The number of hydrogen-bond donors (Lipinski definition) is 1. The van der Waals surface area contributed by atoms with Crippen LogP contribution in [0, 0.1) is 5.82 Å². The first-order valence-electron chi connectivity index (χ1n) is 9.42. The molecule has 4 rings (SSSR count). The van der Waals surface area contributed by atoms with Crippen molar-refractivity contribution in [1.82, 2.24) is 14.8 Å². The van der Waals surface area contributed by atoms with Crippen molar-refractivity contribution in [3.05, 3.63) is 89.7 Å². The van der Waals surface area contributed by atoms with Crippen LogP contribution in [0.3, 0.4) is 0 Å². The third-order valence-electron chi connectivity index (χ3n) is 4.65. The molecular weight excluding hydrogens is 415 g/mol. The number of halogens is 1. The normalized spacial score (nSPS) is 10.8. The van der Waals surface area contributed by atoms with Crippen LogP contribution in [0.1, 0.15) is 15.9 Å². The molecule has 0 saturated carbocycles. The third kappa shape index (κ3) is 4.59. The lowest BCUT2D eigenvalue weighted by atomic mass is 10.1. The molecule has 6 nitrogen and oxygen atoms in total. The van der Waals surface area contributed by atoms with E-state index in [-0.39, 0.29) is 5.82 Å². The Labute approximate surface area is 182 Å². The largest absolute Gasteiger partial charge is 0.497 e. The van der Waals surface area contributed by atoms with Gasteiger partial charge in [-0.2, -0.15) is 0 Å². The summed E-state index contributed by atoms with van der Waals surface area (Å²) in [5, 5.41) is 9.42. The molecule has 8 heteroatoms. The van der Waals surface area contributed by atoms with Gasteiger partial charge in [-0.25, -0.2) is 4.39 Å². The minimum Gasteiger partial charge on any atom is -0.497 e. The van der Waals surface area contributed by atoms with Crippen LogP contribution in [-0.2, 0) is 5.75 Å². The van der Waals surface area contributed by atoms with Crippen molar-refractivity contribution < 1.29 is 13.9 Å². The number of primary amides is 1. The number of ether oxygens (including phenoxy) is 1. The van der Waals surface area contributed by atoms with Gasteiger partial charge >= 0.3 is 0 Å². The van der Waals surface area contributed by atoms with Gasteiger partial charge in [0.15, 0.2) is 11.0 Å². The number of methoxy groups -OCH3 is 1. The first-order chi connectivity index (χ1) is 15.0. The molecule has 0 fully saturated rings. The molecule has 156 valence electrons. The Morgan fingerprint density at radius 1 is 1.06 bits per heavy atom. The predicted molar refractivity (Wildman–Crippen MR) is 118 cm³/mol. The maximum absolute atomic E-state index is 13.5. The number of carbonyl (C=O) groups excluding carboxylic acids is 1. The summed E-state index contributed by atoms with van der Waals surface area (Å²) in [6.07, 6.45) is 0. The second-order valence-electron chi connectivity index (χ2n) is 6.70. The fourth-order valence-electron chi connectivity index (χ4n) is 3.05. The van der Waals surface area contributed by atoms with Crippen LogP contribution in [0.5, 0.6) is 5.75 Å². The second kappa shape index (κ2) is 9.01. The average molecular weight is 434 g/mol. The first-order valence-corrected chi connectivity index (χ1v) is 10.4. The molecule has 0 aliphatic rings. The van der Waals surface area contributed by atoms with Gasteiger partial charge in [0.1, 0.15) is 11.6 Å². The number of nitrogens with two attached hydrogens (primary N) is 1. The summed E-state index contributed by atoms with van der Waals surface area (Å²) in [5.74, 6) is 1.16. The monoisotopic (exact) mass is 434 g/mol. The van der Waals surface area contributed by atoms with Crippen LogP contribution in [0.4, 0.5) is 4.39 Å². The van der Waals surface area contributed by atoms with E-state index in [4.69, 9.17) is 10.5 Å². The number of aromatic nitrogens is 3. The molecule has 0 radical (unpaired) electrons. The number of carbonyl (C=O) groups is 1. The van der Waals surface area contributed by atoms with Crippen LogP contribution < -0.4 is 10.5 Å². The molecule has 1 heterocycles. The minimum atomic E-state index is -0.460. The quantitative estimate of drug-likeness (QED) is 0.434. The maximum Gasteiger partial charge on any atom is 0.248 e. The van der Waals surface area contributed by atoms with Crippen LogP contribution in [0.15, 0.2) is 78.0 Å². The fourth-order valence-corrected chi connectivity index (χ4v) is 3.96. The lowest BCUT2D eigenvalue weighted by molar-refractivity contribution is 0.100. The van der Waals surface area contributed by atoms with Gasteiger partial charge in [0, 0.05) is 22.6 Å². The lowest BCUT2D eigenvalue weighted by Gasteiger charge is -2.11. The zero-order valence-corrected chi connectivity index (χ0v) is 17.5. The highest BCUT2D eigenvalue weighted by atomic mass is 32.2. The summed E-state index contributed by atoms with van der Waals surface area (Å²) >= 11 is 1.49. The van der Waals surface area contributed by atoms with E-state index in [1.807, 2.05) is 41.0 Å². The van der Waals surface area contributed by atoms with Gasteiger partial charge in [-0.3, -0.25) is 9.36 Å². The molecule has 3 aromatic carbocycles. The van der Waals surface area contributed by atoms with Crippen molar-refractivity contribution in [3.8, 4) is 22.8 Å². The third-order valence-corrected chi connectivity index (χ3v) is 5.65. The van der Waals surface area contributed by atoms with Crippen molar-refractivity contribution in [1.29, 1.82) is 0 Å². The van der Waals surface area contributed by atoms with Gasteiger partial charge in [-0.1, -0.05) is 36.0 Å². The van der Waals surface area contributed by atoms with Gasteiger partial charge in [0.2, 0.25) is 5.91 Å². The van der Waals surface area contributed by atoms with Crippen LogP contribution >= 0.6 is 11.8 Å². The summed E-state index contributed by atoms with van der Waals surface area (Å²) in [5.41, 5.74) is 8.34. The predicted octanol–water partition coefficient (Wildman–Crippen LogP) is 4.47. The molecule has 0 spiro atoms. The number of hydrogen-bond acceptors (Lipinski definition) is 5. The Balaban J connectivity index is 1.69. The first kappa shape index (κ1) is 20.6. The lowest BCUT2D eigenvalue weighted by Crippen LogP contribution is -2.10. The van der Waals surface area contributed by atoms with E-state index in [1.54, 1.807) is 31.4 Å². The van der Waals surface area contributed by atoms with Gasteiger partial charge in [0.05, 0.1) is 7.11 Å². The van der Waals surface area contributed by atoms with E-state index in [2.05, 4.69) is 10.2 Å². The van der Waals surface area contributed by atoms with Gasteiger partial charge in [-0.05, 0) is 54.1 Å². The number of nitrogens with zero attached hydrogens (tertiary/aromatic N) is 3. The zero-order chi connectivity index (χ0) is 21.8. The SMILES string of the molecule is COc1cccc(-c2nnc(SCc3ccc(C(N)=O)cc3)n2-c2ccc(F)cc2)c1. The van der Waals surface area contributed by atoms with Gasteiger partial charge in [-0.15, -0.1) is 10.2 Å². The van der Waals surface area contributed by atoms with Crippen molar-refractivity contribution in [2.24, 2.45) is 5.73 Å². The molecule has 0 aliphatic carbocycles. The van der Waals surface area contributed by atoms with E-state index in [0.29, 0.717) is 28.0 Å². The smallest absolute Gasteiger partial charge is 0.248 e. The number of rotatable bonds is 7. The van der Waals surface area contributed by atoms with E-state index in [1.165, 1.54) is 23.9 Å². The van der Waals surface area contributed by atoms with Crippen molar-refractivity contribution in [3.63, 3.8) is 0 Å². The molecule has 2 N–H and O–H groups in total. The molecule has 1 aromatic heterocycles. The highest BCUT2D eigenvalue weighted by Crippen LogP contribution is 2.31. The minimum absolute atomic E-state index is 0.316. The Kier molecular flexibility index (Phi) is 5.99. The standard InChI is InChI=1S/C23H19FN4O2S/c1-30-20-4-2-3-17(13-20)22-26-27-23(28(22)19-11-9-18(24)10-12-19)31-14-15-5-7-16(8-6-15)21(25)29/h2-13H,14H2,1H3,(H2,25,29). The van der Waals surface area contributed by atoms with E-state index >= 15 is 0 Å². The van der Waals surface area contributed by atoms with Crippen LogP contribution in [0.25, 0.3) is 17.1 Å². The molecule has 4 aromatic rings. The van der Waals surface area contributed by atoms with Crippen LogP contribution in [-0.4, -0.2) is 27.8 Å². The molecule has 0 aliphatic heterocycles. The average Bonchev–Trinajstić information content (AvgIpc) is 3.22. The maximum atomic E-state index is 13.5. The molecule has 0 atom stereocenters. The Morgan fingerprint density at radius 3 is 2.48 bits per heavy atom. The summed E-state index contributed by atoms with van der Waals surface area (Å²) < 4.78 is 20.7. The Morgan fingerprint density at radius 2 is 1.81 bits per heavy atom. The number of benzene rings is 3. The van der Waals surface area contributed by atoms with E-state index < -0.39 is 5.91 Å². The number of thioether (sulfide) groups is 1. The van der Waals surface area contributed by atoms with Crippen LogP contribution in [0.2, 0.25) is 0 Å². The van der Waals surface area contributed by atoms with Gasteiger partial charge < -0.3 is 10.5 Å². The summed E-state index contributed by atoms with van der Waals surface area (Å²) in [6.45, 7) is 0. The molecule has 31 heavy (non-hydrogen) atoms. The topological polar surface area (TPSA) is 83.0 Å². The molecule has 0 bridgehead atoms. The zero-order valence-electron chi connectivity index (χ0n) is 16.7. The van der Waals surface area contributed by atoms with Crippen molar-refractivity contribution >= 4 is 17.7 Å². The Bertz CT molecular complexity index is 1210. The van der Waals surface area contributed by atoms with E-state index in [0.717, 1.165) is 16.8 Å². The molecule has 1 amide bonds. The summed E-state index contributed by atoms with van der Waals surface area (Å²) in [4.78, 5) is 11.3. The van der Waals surface area contributed by atoms with Crippen molar-refractivity contribution in [2.75, 3.05) is 7.11 Å². The Hall–Kier alpha value is -3.65. The van der Waals surface area contributed by atoms with E-state index in [9.17, 15) is 9.18 Å². The number of amides is 1. The molecule has 0 saturated heterocycles. The summed E-state index contributed by atoms with van der Waals surface area (Å²) in [7, 11) is 1.61. The highest BCUT2D eigenvalue weighted by molar-refractivity contribution is 7.98. The summed E-state index contributed by atoms with van der Waals surface area (Å²) in [6, 6.07) is 20.8. The fraction of sp³-hybridized carbons (Fsp3) is 0.0870. The molecule has 0 unspecified atom stereocenters. The second-order valence-corrected chi connectivity index (χ2v) is 7.64. The van der Waals surface area contributed by atoms with Crippen molar-refractivity contribution in [2.45, 2.75) is 10.9 Å². The highest BCUT2D eigenvalue weighted by Gasteiger charge is 2.17.